The standard InChI is InChI=1S/C11H16ClNO/c1-8(14)7-13-9(2)10-3-5-11(12)6-4-10/h3-6,8-9,13-14H,7H2,1-2H3/t8-,9?/m1/s1. The first-order valence-corrected chi connectivity index (χ1v) is 5.14. The van der Waals surface area contributed by atoms with E-state index in [9.17, 15) is 0 Å². The molecule has 0 amide bonds. The van der Waals surface area contributed by atoms with Gasteiger partial charge in [0.05, 0.1) is 6.10 Å². The summed E-state index contributed by atoms with van der Waals surface area (Å²) in [6.07, 6.45) is -0.315. The molecule has 0 aromatic heterocycles. The second-order valence-electron chi connectivity index (χ2n) is 3.53. The van der Waals surface area contributed by atoms with Crippen molar-refractivity contribution in [3.05, 3.63) is 34.9 Å². The second kappa shape index (κ2) is 5.35. The van der Waals surface area contributed by atoms with E-state index in [0.717, 1.165) is 5.02 Å². The third-order valence-electron chi connectivity index (χ3n) is 2.09. The van der Waals surface area contributed by atoms with Gasteiger partial charge in [-0.05, 0) is 31.5 Å². The van der Waals surface area contributed by atoms with E-state index in [-0.39, 0.29) is 12.1 Å². The van der Waals surface area contributed by atoms with Crippen LogP contribution in [0.25, 0.3) is 0 Å². The molecular formula is C11H16ClNO. The van der Waals surface area contributed by atoms with Crippen molar-refractivity contribution in [2.45, 2.75) is 26.0 Å². The lowest BCUT2D eigenvalue weighted by Gasteiger charge is -2.15. The Morgan fingerprint density at radius 3 is 2.36 bits per heavy atom. The van der Waals surface area contributed by atoms with Gasteiger partial charge in [-0.25, -0.2) is 0 Å². The molecule has 0 aliphatic carbocycles. The molecule has 2 N–H and O–H groups in total. The summed E-state index contributed by atoms with van der Waals surface area (Å²) in [6, 6.07) is 7.96. The second-order valence-corrected chi connectivity index (χ2v) is 3.97. The highest BCUT2D eigenvalue weighted by Gasteiger charge is 2.05. The maximum Gasteiger partial charge on any atom is 0.0636 e. The van der Waals surface area contributed by atoms with E-state index in [4.69, 9.17) is 16.7 Å². The van der Waals surface area contributed by atoms with Crippen molar-refractivity contribution < 1.29 is 5.11 Å². The topological polar surface area (TPSA) is 32.3 Å². The predicted octanol–water partition coefficient (Wildman–Crippen LogP) is 2.37. The van der Waals surface area contributed by atoms with E-state index in [1.807, 2.05) is 24.3 Å². The molecule has 3 heteroatoms. The van der Waals surface area contributed by atoms with E-state index in [2.05, 4.69) is 12.2 Å². The molecule has 0 spiro atoms. The largest absolute Gasteiger partial charge is 0.392 e. The van der Waals surface area contributed by atoms with E-state index in [0.29, 0.717) is 6.54 Å². The Hall–Kier alpha value is -0.570. The number of benzene rings is 1. The van der Waals surface area contributed by atoms with Crippen LogP contribution in [0.15, 0.2) is 24.3 Å². The molecule has 14 heavy (non-hydrogen) atoms. The van der Waals surface area contributed by atoms with Gasteiger partial charge >= 0.3 is 0 Å². The molecule has 0 fully saturated rings. The Balaban J connectivity index is 2.52. The Labute approximate surface area is 89.9 Å². The summed E-state index contributed by atoms with van der Waals surface area (Å²) in [5.41, 5.74) is 1.18. The van der Waals surface area contributed by atoms with Crippen molar-refractivity contribution in [2.24, 2.45) is 0 Å². The zero-order valence-corrected chi connectivity index (χ0v) is 9.25. The van der Waals surface area contributed by atoms with Crippen LogP contribution in [0.3, 0.4) is 0 Å². The smallest absolute Gasteiger partial charge is 0.0636 e. The van der Waals surface area contributed by atoms with Crippen LogP contribution in [0, 0.1) is 0 Å². The van der Waals surface area contributed by atoms with Gasteiger partial charge in [-0.2, -0.15) is 0 Å². The molecule has 1 aromatic carbocycles. The van der Waals surface area contributed by atoms with Gasteiger partial charge in [-0.3, -0.25) is 0 Å². The fraction of sp³-hybridized carbons (Fsp3) is 0.455. The molecule has 0 aliphatic rings. The molecule has 0 radical (unpaired) electrons. The fourth-order valence-electron chi connectivity index (χ4n) is 1.22. The number of rotatable bonds is 4. The van der Waals surface area contributed by atoms with Crippen molar-refractivity contribution in [1.29, 1.82) is 0 Å². The van der Waals surface area contributed by atoms with Crippen LogP contribution in [0.1, 0.15) is 25.5 Å². The van der Waals surface area contributed by atoms with Crippen LogP contribution in [0.4, 0.5) is 0 Å². The first-order chi connectivity index (χ1) is 6.59. The van der Waals surface area contributed by atoms with Gasteiger partial charge in [0, 0.05) is 17.6 Å². The number of aliphatic hydroxyl groups excluding tert-OH is 1. The molecule has 0 heterocycles. The number of hydrogen-bond donors (Lipinski definition) is 2. The monoisotopic (exact) mass is 213 g/mol. The minimum atomic E-state index is -0.315. The minimum Gasteiger partial charge on any atom is -0.392 e. The molecule has 2 nitrogen and oxygen atoms in total. The SMILES string of the molecule is CC(NC[C@@H](C)O)c1ccc(Cl)cc1. The van der Waals surface area contributed by atoms with Crippen LogP contribution < -0.4 is 5.32 Å². The number of nitrogens with one attached hydrogen (secondary N) is 1. The number of halogens is 1. The lowest BCUT2D eigenvalue weighted by molar-refractivity contribution is 0.187. The molecule has 0 saturated carbocycles. The predicted molar refractivity (Wildman–Crippen MR) is 59.6 cm³/mol. The van der Waals surface area contributed by atoms with Crippen LogP contribution >= 0.6 is 11.6 Å². The van der Waals surface area contributed by atoms with Gasteiger partial charge in [0.2, 0.25) is 0 Å². The van der Waals surface area contributed by atoms with Crippen molar-refractivity contribution >= 4 is 11.6 Å². The molecular weight excluding hydrogens is 198 g/mol. The zero-order valence-electron chi connectivity index (χ0n) is 8.50. The highest BCUT2D eigenvalue weighted by molar-refractivity contribution is 6.30. The third-order valence-corrected chi connectivity index (χ3v) is 2.34. The van der Waals surface area contributed by atoms with Gasteiger partial charge in [0.25, 0.3) is 0 Å². The number of aliphatic hydroxyl groups is 1. The average Bonchev–Trinajstić information content (AvgIpc) is 2.15. The summed E-state index contributed by atoms with van der Waals surface area (Å²) in [5.74, 6) is 0. The first kappa shape index (κ1) is 11.5. The number of hydrogen-bond acceptors (Lipinski definition) is 2. The normalized spacial score (nSPS) is 15.1. The van der Waals surface area contributed by atoms with Crippen molar-refractivity contribution in [3.63, 3.8) is 0 Å². The summed E-state index contributed by atoms with van der Waals surface area (Å²) in [6.45, 7) is 4.43. The van der Waals surface area contributed by atoms with E-state index in [1.165, 1.54) is 5.56 Å². The van der Waals surface area contributed by atoms with Gasteiger partial charge in [0.15, 0.2) is 0 Å². The van der Waals surface area contributed by atoms with Crippen LogP contribution in [-0.2, 0) is 0 Å². The van der Waals surface area contributed by atoms with Crippen LogP contribution in [0.5, 0.6) is 0 Å². The minimum absolute atomic E-state index is 0.238. The summed E-state index contributed by atoms with van der Waals surface area (Å²) in [5, 5.41) is 13.1. The highest BCUT2D eigenvalue weighted by Crippen LogP contribution is 2.15. The lowest BCUT2D eigenvalue weighted by Crippen LogP contribution is -2.27. The molecule has 2 atom stereocenters. The van der Waals surface area contributed by atoms with E-state index in [1.54, 1.807) is 6.92 Å². The molecule has 1 aromatic rings. The molecule has 1 unspecified atom stereocenters. The Morgan fingerprint density at radius 2 is 1.86 bits per heavy atom. The molecule has 1 rings (SSSR count). The van der Waals surface area contributed by atoms with Crippen LogP contribution in [0.2, 0.25) is 5.02 Å². The van der Waals surface area contributed by atoms with Crippen molar-refractivity contribution in [2.75, 3.05) is 6.54 Å². The molecule has 0 aliphatic heterocycles. The lowest BCUT2D eigenvalue weighted by atomic mass is 10.1. The zero-order chi connectivity index (χ0) is 10.6. The fourth-order valence-corrected chi connectivity index (χ4v) is 1.34. The van der Waals surface area contributed by atoms with Crippen LogP contribution in [-0.4, -0.2) is 17.8 Å². The molecule has 0 saturated heterocycles. The van der Waals surface area contributed by atoms with Gasteiger partial charge in [-0.1, -0.05) is 23.7 Å². The maximum absolute atomic E-state index is 9.11. The van der Waals surface area contributed by atoms with Gasteiger partial charge in [0.1, 0.15) is 0 Å². The van der Waals surface area contributed by atoms with E-state index < -0.39 is 0 Å². The van der Waals surface area contributed by atoms with Gasteiger partial charge in [-0.15, -0.1) is 0 Å². The maximum atomic E-state index is 9.11. The highest BCUT2D eigenvalue weighted by atomic mass is 35.5. The quantitative estimate of drug-likeness (QED) is 0.805. The van der Waals surface area contributed by atoms with Crippen molar-refractivity contribution in [3.8, 4) is 0 Å². The Kier molecular flexibility index (Phi) is 4.39. The summed E-state index contributed by atoms with van der Waals surface area (Å²) in [7, 11) is 0. The molecule has 0 bridgehead atoms. The Morgan fingerprint density at radius 1 is 1.29 bits per heavy atom. The summed E-state index contributed by atoms with van der Waals surface area (Å²) < 4.78 is 0. The first-order valence-electron chi connectivity index (χ1n) is 4.76. The third kappa shape index (κ3) is 3.66. The summed E-state index contributed by atoms with van der Waals surface area (Å²) in [4.78, 5) is 0. The van der Waals surface area contributed by atoms with Crippen molar-refractivity contribution in [1.82, 2.24) is 5.32 Å². The summed E-state index contributed by atoms with van der Waals surface area (Å²) >= 11 is 5.78. The van der Waals surface area contributed by atoms with Gasteiger partial charge < -0.3 is 10.4 Å². The average molecular weight is 214 g/mol. The van der Waals surface area contributed by atoms with E-state index >= 15 is 0 Å². The Bertz CT molecular complexity index is 271. The molecule has 78 valence electrons.